The topological polar surface area (TPSA) is 71.1 Å². The lowest BCUT2D eigenvalue weighted by atomic mass is 9.98. The van der Waals surface area contributed by atoms with Crippen molar-refractivity contribution in [1.82, 2.24) is 0 Å². The van der Waals surface area contributed by atoms with Gasteiger partial charge in [-0.25, -0.2) is 9.59 Å². The van der Waals surface area contributed by atoms with Gasteiger partial charge in [0, 0.05) is 24.1 Å². The van der Waals surface area contributed by atoms with Gasteiger partial charge >= 0.3 is 11.9 Å². The number of hydrogen-bond donors (Lipinski definition) is 0. The predicted molar refractivity (Wildman–Crippen MR) is 121 cm³/mol. The number of esters is 2. The molecule has 172 valence electrons. The molecule has 0 saturated heterocycles. The van der Waals surface area contributed by atoms with Gasteiger partial charge in [-0.15, -0.1) is 0 Å². The van der Waals surface area contributed by atoms with Crippen molar-refractivity contribution in [2.75, 3.05) is 6.61 Å². The highest BCUT2D eigenvalue weighted by atomic mass is 16.6. The molecule has 1 aromatic rings. The largest absolute Gasteiger partial charge is 0.490 e. The molecule has 1 aromatic carbocycles. The van der Waals surface area contributed by atoms with E-state index >= 15 is 0 Å². The fourth-order valence-corrected chi connectivity index (χ4v) is 3.26. The van der Waals surface area contributed by atoms with Gasteiger partial charge in [0.05, 0.1) is 6.61 Å². The number of carbonyl (C=O) groups is 2. The Balaban J connectivity index is 2.87. The Labute approximate surface area is 186 Å². The zero-order chi connectivity index (χ0) is 23.2. The van der Waals surface area contributed by atoms with Crippen LogP contribution in [-0.4, -0.2) is 36.9 Å². The van der Waals surface area contributed by atoms with Crippen molar-refractivity contribution >= 4 is 11.9 Å². The van der Waals surface area contributed by atoms with Crippen LogP contribution in [0.4, 0.5) is 0 Å². The highest BCUT2D eigenvalue weighted by Crippen LogP contribution is 2.26. The predicted octanol–water partition coefficient (Wildman–Crippen LogP) is 5.26. The Morgan fingerprint density at radius 2 is 1.39 bits per heavy atom. The summed E-state index contributed by atoms with van der Waals surface area (Å²) in [4.78, 5) is 23.0. The number of ether oxygens (including phenoxy) is 4. The Kier molecular flexibility index (Phi) is 12.1. The average molecular weight is 433 g/mol. The lowest BCUT2D eigenvalue weighted by Crippen LogP contribution is -2.34. The minimum atomic E-state index is -0.459. The van der Waals surface area contributed by atoms with Crippen LogP contribution >= 0.6 is 0 Å². The highest BCUT2D eigenvalue weighted by molar-refractivity contribution is 5.81. The van der Waals surface area contributed by atoms with E-state index in [2.05, 4.69) is 13.2 Å². The molecule has 0 fully saturated rings. The smallest absolute Gasteiger partial charge is 0.330 e. The standard InChI is InChI=1S/C25H36O6/c1-7-18(17-28-24(26)11-5)21(8-2)29-19-14-13-15-20(16-19)30-22(9-3)23(10-4)31-25(27)12-6/h11-16,18,21-23H,5-10,17H2,1-4H3. The lowest BCUT2D eigenvalue weighted by molar-refractivity contribution is -0.148. The van der Waals surface area contributed by atoms with Crippen LogP contribution in [0.1, 0.15) is 53.4 Å². The summed E-state index contributed by atoms with van der Waals surface area (Å²) in [5, 5.41) is 0. The van der Waals surface area contributed by atoms with Gasteiger partial charge in [0.2, 0.25) is 0 Å². The molecule has 4 unspecified atom stereocenters. The molecule has 0 saturated carbocycles. The van der Waals surface area contributed by atoms with Crippen molar-refractivity contribution in [1.29, 1.82) is 0 Å². The van der Waals surface area contributed by atoms with Crippen molar-refractivity contribution in [2.24, 2.45) is 5.92 Å². The molecule has 0 aliphatic carbocycles. The third kappa shape index (κ3) is 8.87. The summed E-state index contributed by atoms with van der Waals surface area (Å²) in [5.74, 6) is 0.475. The molecule has 0 aromatic heterocycles. The van der Waals surface area contributed by atoms with E-state index in [9.17, 15) is 9.59 Å². The Morgan fingerprint density at radius 1 is 0.839 bits per heavy atom. The molecule has 0 heterocycles. The van der Waals surface area contributed by atoms with Crippen molar-refractivity contribution in [3.05, 3.63) is 49.6 Å². The fourth-order valence-electron chi connectivity index (χ4n) is 3.26. The molecule has 4 atom stereocenters. The van der Waals surface area contributed by atoms with Gasteiger partial charge in [0.1, 0.15) is 29.8 Å². The Bertz CT molecular complexity index is 714. The highest BCUT2D eigenvalue weighted by Gasteiger charge is 2.25. The minimum Gasteiger partial charge on any atom is -0.490 e. The van der Waals surface area contributed by atoms with E-state index in [1.165, 1.54) is 0 Å². The third-order valence-electron chi connectivity index (χ3n) is 5.09. The fraction of sp³-hybridized carbons (Fsp3) is 0.520. The van der Waals surface area contributed by atoms with Crippen LogP contribution in [0.15, 0.2) is 49.6 Å². The first-order valence-corrected chi connectivity index (χ1v) is 11.0. The molecule has 0 aliphatic heterocycles. The monoisotopic (exact) mass is 432 g/mol. The Hall–Kier alpha value is -2.76. The maximum atomic E-state index is 11.6. The summed E-state index contributed by atoms with van der Waals surface area (Å²) in [6.45, 7) is 15.2. The molecular weight excluding hydrogens is 396 g/mol. The summed E-state index contributed by atoms with van der Waals surface area (Å²) in [6, 6.07) is 7.41. The number of benzene rings is 1. The van der Waals surface area contributed by atoms with E-state index in [0.717, 1.165) is 25.0 Å². The summed E-state index contributed by atoms with van der Waals surface area (Å²) < 4.78 is 23.0. The summed E-state index contributed by atoms with van der Waals surface area (Å²) in [6.07, 6.45) is 4.44. The number of hydrogen-bond acceptors (Lipinski definition) is 6. The second-order valence-corrected chi connectivity index (χ2v) is 7.19. The molecule has 0 aliphatic rings. The minimum absolute atomic E-state index is 0.0599. The van der Waals surface area contributed by atoms with E-state index in [1.807, 2.05) is 52.0 Å². The molecule has 6 heteroatoms. The van der Waals surface area contributed by atoms with Gasteiger partial charge in [-0.05, 0) is 37.8 Å². The average Bonchev–Trinajstić information content (AvgIpc) is 2.80. The van der Waals surface area contributed by atoms with Crippen LogP contribution in [0.5, 0.6) is 11.5 Å². The van der Waals surface area contributed by atoms with Crippen LogP contribution in [0.3, 0.4) is 0 Å². The maximum absolute atomic E-state index is 11.6. The van der Waals surface area contributed by atoms with Gasteiger partial charge in [0.15, 0.2) is 0 Å². The lowest BCUT2D eigenvalue weighted by Gasteiger charge is -2.27. The van der Waals surface area contributed by atoms with E-state index in [-0.39, 0.29) is 30.8 Å². The van der Waals surface area contributed by atoms with Crippen molar-refractivity contribution in [2.45, 2.75) is 71.7 Å². The van der Waals surface area contributed by atoms with E-state index in [4.69, 9.17) is 18.9 Å². The molecule has 0 amide bonds. The first kappa shape index (κ1) is 26.3. The van der Waals surface area contributed by atoms with Crippen LogP contribution in [-0.2, 0) is 19.1 Å². The normalized spacial score (nSPS) is 14.5. The number of carbonyl (C=O) groups excluding carboxylic acids is 2. The van der Waals surface area contributed by atoms with Crippen molar-refractivity contribution in [3.8, 4) is 11.5 Å². The van der Waals surface area contributed by atoms with Gasteiger partial charge < -0.3 is 18.9 Å². The van der Waals surface area contributed by atoms with Gasteiger partial charge in [-0.3, -0.25) is 0 Å². The zero-order valence-corrected chi connectivity index (χ0v) is 19.2. The molecule has 0 radical (unpaired) electrons. The van der Waals surface area contributed by atoms with Gasteiger partial charge in [-0.2, -0.15) is 0 Å². The van der Waals surface area contributed by atoms with Gasteiger partial charge in [0.25, 0.3) is 0 Å². The summed E-state index contributed by atoms with van der Waals surface area (Å²) in [5.41, 5.74) is 0. The zero-order valence-electron chi connectivity index (χ0n) is 19.2. The third-order valence-corrected chi connectivity index (χ3v) is 5.09. The van der Waals surface area contributed by atoms with Crippen LogP contribution < -0.4 is 9.47 Å². The second-order valence-electron chi connectivity index (χ2n) is 7.19. The van der Waals surface area contributed by atoms with E-state index < -0.39 is 11.9 Å². The molecule has 0 bridgehead atoms. The summed E-state index contributed by atoms with van der Waals surface area (Å²) >= 11 is 0. The van der Waals surface area contributed by atoms with Crippen LogP contribution in [0.2, 0.25) is 0 Å². The van der Waals surface area contributed by atoms with Crippen LogP contribution in [0.25, 0.3) is 0 Å². The quantitative estimate of drug-likeness (QED) is 0.278. The molecule has 6 nitrogen and oxygen atoms in total. The molecule has 0 N–H and O–H groups in total. The Morgan fingerprint density at radius 3 is 1.87 bits per heavy atom. The van der Waals surface area contributed by atoms with Crippen LogP contribution in [0, 0.1) is 5.92 Å². The second kappa shape index (κ2) is 14.3. The van der Waals surface area contributed by atoms with E-state index in [0.29, 0.717) is 24.3 Å². The van der Waals surface area contributed by atoms with Crippen molar-refractivity contribution < 1.29 is 28.5 Å². The SMILES string of the molecule is C=CC(=O)OCC(CC)C(CC)Oc1cccc(OC(CC)C(CC)OC(=O)C=C)c1. The molecule has 0 spiro atoms. The van der Waals surface area contributed by atoms with Gasteiger partial charge in [-0.1, -0.05) is 46.9 Å². The van der Waals surface area contributed by atoms with E-state index in [1.54, 1.807) is 0 Å². The first-order valence-electron chi connectivity index (χ1n) is 11.0. The molecule has 31 heavy (non-hydrogen) atoms. The molecular formula is C25H36O6. The summed E-state index contributed by atoms with van der Waals surface area (Å²) in [7, 11) is 0. The number of rotatable bonds is 15. The maximum Gasteiger partial charge on any atom is 0.330 e. The first-order chi connectivity index (χ1) is 14.9. The van der Waals surface area contributed by atoms with Crippen molar-refractivity contribution in [3.63, 3.8) is 0 Å². The molecule has 1 rings (SSSR count).